The SMILES string of the molecule is COc1ccc(C2CCNc3c(C)cnn32)cc1F. The fourth-order valence-electron chi connectivity index (χ4n) is 2.55. The van der Waals surface area contributed by atoms with E-state index in [1.807, 2.05) is 23.9 Å². The molecule has 19 heavy (non-hydrogen) atoms. The summed E-state index contributed by atoms with van der Waals surface area (Å²) >= 11 is 0. The van der Waals surface area contributed by atoms with Crippen LogP contribution in [-0.2, 0) is 0 Å². The molecule has 2 aromatic rings. The highest BCUT2D eigenvalue weighted by Gasteiger charge is 2.23. The average molecular weight is 261 g/mol. The van der Waals surface area contributed by atoms with Crippen LogP contribution in [0, 0.1) is 12.7 Å². The van der Waals surface area contributed by atoms with Crippen molar-refractivity contribution in [2.24, 2.45) is 0 Å². The summed E-state index contributed by atoms with van der Waals surface area (Å²) in [5, 5.41) is 7.72. The van der Waals surface area contributed by atoms with Gasteiger partial charge < -0.3 is 10.1 Å². The molecule has 1 atom stereocenters. The van der Waals surface area contributed by atoms with Gasteiger partial charge in [0.1, 0.15) is 5.82 Å². The first kappa shape index (κ1) is 12.0. The molecule has 1 unspecified atom stereocenters. The number of aromatic nitrogens is 2. The number of fused-ring (bicyclic) bond motifs is 1. The van der Waals surface area contributed by atoms with Gasteiger partial charge in [0, 0.05) is 12.1 Å². The highest BCUT2D eigenvalue weighted by molar-refractivity contribution is 5.46. The van der Waals surface area contributed by atoms with Crippen molar-refractivity contribution in [1.82, 2.24) is 9.78 Å². The van der Waals surface area contributed by atoms with Gasteiger partial charge >= 0.3 is 0 Å². The second kappa shape index (κ2) is 4.57. The van der Waals surface area contributed by atoms with Crippen molar-refractivity contribution >= 4 is 5.82 Å². The molecule has 0 saturated heterocycles. The van der Waals surface area contributed by atoms with Gasteiger partial charge in [-0.3, -0.25) is 0 Å². The predicted octanol–water partition coefficient (Wildman–Crippen LogP) is 2.74. The summed E-state index contributed by atoms with van der Waals surface area (Å²) in [7, 11) is 1.47. The molecule has 4 nitrogen and oxygen atoms in total. The van der Waals surface area contributed by atoms with E-state index >= 15 is 0 Å². The number of nitrogens with one attached hydrogen (secondary N) is 1. The van der Waals surface area contributed by atoms with E-state index < -0.39 is 0 Å². The third-order valence-corrected chi connectivity index (χ3v) is 3.54. The van der Waals surface area contributed by atoms with Crippen LogP contribution < -0.4 is 10.1 Å². The minimum absolute atomic E-state index is 0.0744. The Balaban J connectivity index is 2.01. The number of nitrogens with zero attached hydrogens (tertiary/aromatic N) is 2. The number of halogens is 1. The lowest BCUT2D eigenvalue weighted by molar-refractivity contribution is 0.384. The Labute approximate surface area is 111 Å². The molecule has 0 radical (unpaired) electrons. The standard InChI is InChI=1S/C14H16FN3O/c1-9-8-17-18-12(5-6-16-14(9)18)10-3-4-13(19-2)11(15)7-10/h3-4,7-8,12,16H,5-6H2,1-2H3. The van der Waals surface area contributed by atoms with Crippen LogP contribution in [0.4, 0.5) is 10.2 Å². The monoisotopic (exact) mass is 261 g/mol. The molecule has 100 valence electrons. The minimum Gasteiger partial charge on any atom is -0.494 e. The number of ether oxygens (including phenoxy) is 1. The van der Waals surface area contributed by atoms with E-state index in [2.05, 4.69) is 10.4 Å². The number of aryl methyl sites for hydroxylation is 1. The van der Waals surface area contributed by atoms with Crippen LogP contribution in [0.25, 0.3) is 0 Å². The first-order valence-corrected chi connectivity index (χ1v) is 6.32. The van der Waals surface area contributed by atoms with Crippen molar-refractivity contribution in [3.63, 3.8) is 0 Å². The van der Waals surface area contributed by atoms with E-state index in [-0.39, 0.29) is 17.6 Å². The largest absolute Gasteiger partial charge is 0.494 e. The molecular weight excluding hydrogens is 245 g/mol. The van der Waals surface area contributed by atoms with Crippen LogP contribution in [-0.4, -0.2) is 23.4 Å². The number of rotatable bonds is 2. The zero-order valence-corrected chi connectivity index (χ0v) is 11.0. The predicted molar refractivity (Wildman–Crippen MR) is 71.2 cm³/mol. The van der Waals surface area contributed by atoms with E-state index in [1.165, 1.54) is 13.2 Å². The maximum absolute atomic E-state index is 13.8. The molecular formula is C14H16FN3O. The molecule has 0 amide bonds. The highest BCUT2D eigenvalue weighted by atomic mass is 19.1. The lowest BCUT2D eigenvalue weighted by Crippen LogP contribution is -2.24. The Morgan fingerprint density at radius 3 is 3.05 bits per heavy atom. The third-order valence-electron chi connectivity index (χ3n) is 3.54. The number of methoxy groups -OCH3 is 1. The summed E-state index contributed by atoms with van der Waals surface area (Å²) in [5.74, 6) is 0.964. The van der Waals surface area contributed by atoms with E-state index in [9.17, 15) is 4.39 Å². The van der Waals surface area contributed by atoms with Gasteiger partial charge in [-0.15, -0.1) is 0 Å². The van der Waals surface area contributed by atoms with Crippen molar-refractivity contribution in [3.8, 4) is 5.75 Å². The number of hydrogen-bond acceptors (Lipinski definition) is 3. The fraction of sp³-hybridized carbons (Fsp3) is 0.357. The van der Waals surface area contributed by atoms with Gasteiger partial charge in [0.15, 0.2) is 11.6 Å². The summed E-state index contributed by atoms with van der Waals surface area (Å²) in [6.45, 7) is 2.88. The zero-order valence-electron chi connectivity index (χ0n) is 11.0. The molecule has 0 spiro atoms. The zero-order chi connectivity index (χ0) is 13.4. The van der Waals surface area contributed by atoms with Crippen LogP contribution in [0.1, 0.15) is 23.6 Å². The summed E-state index contributed by atoms with van der Waals surface area (Å²) in [6.07, 6.45) is 2.72. The second-order valence-corrected chi connectivity index (χ2v) is 4.75. The van der Waals surface area contributed by atoms with Gasteiger partial charge in [0.05, 0.1) is 19.3 Å². The number of hydrogen-bond donors (Lipinski definition) is 1. The quantitative estimate of drug-likeness (QED) is 0.903. The lowest BCUT2D eigenvalue weighted by atomic mass is 10.0. The van der Waals surface area contributed by atoms with Crippen molar-refractivity contribution in [3.05, 3.63) is 41.3 Å². The van der Waals surface area contributed by atoms with E-state index in [0.717, 1.165) is 29.9 Å². The van der Waals surface area contributed by atoms with Crippen molar-refractivity contribution in [2.45, 2.75) is 19.4 Å². The third kappa shape index (κ3) is 1.95. The molecule has 1 N–H and O–H groups in total. The second-order valence-electron chi connectivity index (χ2n) is 4.75. The molecule has 1 aliphatic heterocycles. The Morgan fingerprint density at radius 1 is 1.47 bits per heavy atom. The van der Waals surface area contributed by atoms with Gasteiger partial charge in [-0.05, 0) is 31.0 Å². The van der Waals surface area contributed by atoms with Crippen molar-refractivity contribution in [1.29, 1.82) is 0 Å². The Hall–Kier alpha value is -2.04. The van der Waals surface area contributed by atoms with Gasteiger partial charge in [-0.1, -0.05) is 6.07 Å². The first-order chi connectivity index (χ1) is 9.20. The first-order valence-electron chi connectivity index (χ1n) is 6.32. The van der Waals surface area contributed by atoms with Crippen molar-refractivity contribution < 1.29 is 9.13 Å². The molecule has 1 aliphatic rings. The number of benzene rings is 1. The molecule has 1 aromatic carbocycles. The van der Waals surface area contributed by atoms with Gasteiger partial charge in [0.2, 0.25) is 0 Å². The van der Waals surface area contributed by atoms with Crippen molar-refractivity contribution in [2.75, 3.05) is 19.0 Å². The molecule has 0 aliphatic carbocycles. The average Bonchev–Trinajstić information content (AvgIpc) is 2.80. The summed E-state index contributed by atoms with van der Waals surface area (Å²) < 4.78 is 20.7. The summed E-state index contributed by atoms with van der Waals surface area (Å²) in [6, 6.07) is 5.18. The molecule has 0 bridgehead atoms. The normalized spacial score (nSPS) is 17.7. The van der Waals surface area contributed by atoms with E-state index in [0.29, 0.717) is 0 Å². The fourth-order valence-corrected chi connectivity index (χ4v) is 2.55. The smallest absolute Gasteiger partial charge is 0.165 e. The Kier molecular flexibility index (Phi) is 2.89. The van der Waals surface area contributed by atoms with Gasteiger partial charge in [-0.2, -0.15) is 5.10 Å². The van der Waals surface area contributed by atoms with Crippen LogP contribution in [0.3, 0.4) is 0 Å². The van der Waals surface area contributed by atoms with Crippen LogP contribution in [0.15, 0.2) is 24.4 Å². The molecule has 0 saturated carbocycles. The van der Waals surface area contributed by atoms with E-state index in [4.69, 9.17) is 4.74 Å². The minimum atomic E-state index is -0.330. The lowest BCUT2D eigenvalue weighted by Gasteiger charge is -2.26. The van der Waals surface area contributed by atoms with Crippen LogP contribution >= 0.6 is 0 Å². The van der Waals surface area contributed by atoms with Crippen LogP contribution in [0.5, 0.6) is 5.75 Å². The maximum atomic E-state index is 13.8. The molecule has 2 heterocycles. The highest BCUT2D eigenvalue weighted by Crippen LogP contribution is 2.32. The van der Waals surface area contributed by atoms with Gasteiger partial charge in [0.25, 0.3) is 0 Å². The van der Waals surface area contributed by atoms with Crippen LogP contribution in [0.2, 0.25) is 0 Å². The molecule has 1 aromatic heterocycles. The molecule has 5 heteroatoms. The maximum Gasteiger partial charge on any atom is 0.165 e. The molecule has 3 rings (SSSR count). The summed E-state index contributed by atoms with van der Waals surface area (Å²) in [4.78, 5) is 0. The Bertz CT molecular complexity index is 609. The molecule has 0 fully saturated rings. The van der Waals surface area contributed by atoms with Gasteiger partial charge in [-0.25, -0.2) is 9.07 Å². The summed E-state index contributed by atoms with van der Waals surface area (Å²) in [5.41, 5.74) is 2.03. The topological polar surface area (TPSA) is 39.1 Å². The Morgan fingerprint density at radius 2 is 2.32 bits per heavy atom. The van der Waals surface area contributed by atoms with E-state index in [1.54, 1.807) is 6.07 Å². The number of anilines is 1.